The molecule has 1 heterocycles. The molecular weight excluding hydrogens is 416 g/mol. The Labute approximate surface area is 185 Å². The van der Waals surface area contributed by atoms with Gasteiger partial charge in [0.25, 0.3) is 11.7 Å². The number of pyridine rings is 1. The molecule has 0 aliphatic heterocycles. The standard InChI is InChI=1S/C23H23ClN4O3/c1-14-4-7-20(28-15(2)29)18(12-14)22(30)23(31)27-10-3-9-25-19-8-11-26-21-13-16(24)5-6-17(19)21/h4-8,11-13H,3,9-10H2,1-2H3,(H,25,26)(H,27,31)(H,28,29). The summed E-state index contributed by atoms with van der Waals surface area (Å²) < 4.78 is 0. The smallest absolute Gasteiger partial charge is 0.292 e. The van der Waals surface area contributed by atoms with Gasteiger partial charge in [0.05, 0.1) is 16.8 Å². The van der Waals surface area contributed by atoms with E-state index in [1.165, 1.54) is 6.92 Å². The van der Waals surface area contributed by atoms with Crippen LogP contribution in [0.2, 0.25) is 5.02 Å². The Morgan fingerprint density at radius 1 is 1.00 bits per heavy atom. The molecule has 8 heteroatoms. The van der Waals surface area contributed by atoms with Crippen LogP contribution in [0.1, 0.15) is 29.3 Å². The molecule has 0 radical (unpaired) electrons. The normalized spacial score (nSPS) is 10.5. The van der Waals surface area contributed by atoms with Crippen LogP contribution in [0.25, 0.3) is 10.9 Å². The fourth-order valence-corrected chi connectivity index (χ4v) is 3.30. The molecule has 0 saturated carbocycles. The van der Waals surface area contributed by atoms with Gasteiger partial charge in [0.2, 0.25) is 5.91 Å². The predicted octanol–water partition coefficient (Wildman–Crippen LogP) is 3.96. The number of nitrogens with one attached hydrogen (secondary N) is 3. The number of hydrogen-bond acceptors (Lipinski definition) is 5. The Hall–Kier alpha value is -3.45. The first-order valence-electron chi connectivity index (χ1n) is 9.84. The Morgan fingerprint density at radius 3 is 2.58 bits per heavy atom. The van der Waals surface area contributed by atoms with Crippen molar-refractivity contribution in [2.45, 2.75) is 20.3 Å². The van der Waals surface area contributed by atoms with E-state index < -0.39 is 11.7 Å². The molecule has 0 aliphatic carbocycles. The highest BCUT2D eigenvalue weighted by Gasteiger charge is 2.20. The molecule has 0 fully saturated rings. The topological polar surface area (TPSA) is 100 Å². The Balaban J connectivity index is 1.54. The van der Waals surface area contributed by atoms with Gasteiger partial charge in [-0.1, -0.05) is 23.2 Å². The van der Waals surface area contributed by atoms with Gasteiger partial charge in [-0.25, -0.2) is 0 Å². The maximum Gasteiger partial charge on any atom is 0.292 e. The van der Waals surface area contributed by atoms with Crippen LogP contribution < -0.4 is 16.0 Å². The van der Waals surface area contributed by atoms with Crippen molar-refractivity contribution in [2.75, 3.05) is 23.7 Å². The van der Waals surface area contributed by atoms with E-state index in [0.717, 1.165) is 22.2 Å². The molecule has 3 N–H and O–H groups in total. The molecule has 0 bridgehead atoms. The minimum atomic E-state index is -0.707. The van der Waals surface area contributed by atoms with Crippen LogP contribution in [-0.4, -0.2) is 35.7 Å². The van der Waals surface area contributed by atoms with Crippen molar-refractivity contribution in [1.82, 2.24) is 10.3 Å². The Kier molecular flexibility index (Phi) is 7.20. The second kappa shape index (κ2) is 10.0. The fourth-order valence-electron chi connectivity index (χ4n) is 3.14. The lowest BCUT2D eigenvalue weighted by Gasteiger charge is -2.11. The number of fused-ring (bicyclic) bond motifs is 1. The zero-order valence-electron chi connectivity index (χ0n) is 17.3. The van der Waals surface area contributed by atoms with E-state index in [1.54, 1.807) is 30.5 Å². The van der Waals surface area contributed by atoms with E-state index in [2.05, 4.69) is 20.9 Å². The molecule has 1 aromatic heterocycles. The van der Waals surface area contributed by atoms with Crippen LogP contribution in [0.4, 0.5) is 11.4 Å². The van der Waals surface area contributed by atoms with Crippen LogP contribution in [0.3, 0.4) is 0 Å². The summed E-state index contributed by atoms with van der Waals surface area (Å²) in [6, 6.07) is 12.4. The highest BCUT2D eigenvalue weighted by Crippen LogP contribution is 2.24. The highest BCUT2D eigenvalue weighted by molar-refractivity contribution is 6.44. The average Bonchev–Trinajstić information content (AvgIpc) is 2.73. The van der Waals surface area contributed by atoms with Crippen molar-refractivity contribution in [1.29, 1.82) is 0 Å². The van der Waals surface area contributed by atoms with Crippen molar-refractivity contribution < 1.29 is 14.4 Å². The van der Waals surface area contributed by atoms with Gasteiger partial charge in [-0.2, -0.15) is 0 Å². The average molecular weight is 439 g/mol. The SMILES string of the molecule is CC(=O)Nc1ccc(C)cc1C(=O)C(=O)NCCCNc1ccnc2cc(Cl)ccc12. The maximum absolute atomic E-state index is 12.6. The summed E-state index contributed by atoms with van der Waals surface area (Å²) in [5.74, 6) is -1.70. The highest BCUT2D eigenvalue weighted by atomic mass is 35.5. The third-order valence-electron chi connectivity index (χ3n) is 4.60. The first kappa shape index (κ1) is 22.2. The van der Waals surface area contributed by atoms with Crippen LogP contribution in [0, 0.1) is 6.92 Å². The minimum absolute atomic E-state index is 0.174. The number of benzene rings is 2. The number of amides is 2. The number of anilines is 2. The second-order valence-electron chi connectivity index (χ2n) is 7.12. The summed E-state index contributed by atoms with van der Waals surface area (Å²) in [5.41, 5.74) is 3.03. The van der Waals surface area contributed by atoms with Gasteiger partial charge in [-0.15, -0.1) is 0 Å². The number of carbonyl (C=O) groups excluding carboxylic acids is 3. The summed E-state index contributed by atoms with van der Waals surface area (Å²) >= 11 is 6.01. The molecule has 0 saturated heterocycles. The molecule has 0 atom stereocenters. The van der Waals surface area contributed by atoms with E-state index in [-0.39, 0.29) is 11.5 Å². The molecular formula is C23H23ClN4O3. The molecule has 3 rings (SSSR count). The van der Waals surface area contributed by atoms with E-state index in [9.17, 15) is 14.4 Å². The van der Waals surface area contributed by atoms with Gasteiger partial charge in [-0.3, -0.25) is 19.4 Å². The van der Waals surface area contributed by atoms with Crippen LogP contribution >= 0.6 is 11.6 Å². The molecule has 0 unspecified atom stereocenters. The second-order valence-corrected chi connectivity index (χ2v) is 7.55. The minimum Gasteiger partial charge on any atom is -0.384 e. The number of Topliss-reactive ketones (excluding diaryl/α,β-unsaturated/α-hetero) is 1. The number of aryl methyl sites for hydroxylation is 1. The lowest BCUT2D eigenvalue weighted by Crippen LogP contribution is -2.33. The zero-order chi connectivity index (χ0) is 22.4. The summed E-state index contributed by atoms with van der Waals surface area (Å²) in [5, 5.41) is 10.1. The monoisotopic (exact) mass is 438 g/mol. The molecule has 2 amide bonds. The number of ketones is 1. The molecule has 31 heavy (non-hydrogen) atoms. The van der Waals surface area contributed by atoms with Crippen molar-refractivity contribution >= 4 is 51.5 Å². The van der Waals surface area contributed by atoms with Gasteiger partial charge in [-0.05, 0) is 49.7 Å². The number of hydrogen-bond donors (Lipinski definition) is 3. The third kappa shape index (κ3) is 5.79. The summed E-state index contributed by atoms with van der Waals surface area (Å²) in [4.78, 5) is 40.5. The van der Waals surface area contributed by atoms with Crippen molar-refractivity contribution in [3.05, 3.63) is 64.8 Å². The lowest BCUT2D eigenvalue weighted by atomic mass is 10.0. The Morgan fingerprint density at radius 2 is 1.81 bits per heavy atom. The molecule has 160 valence electrons. The predicted molar refractivity (Wildman–Crippen MR) is 123 cm³/mol. The van der Waals surface area contributed by atoms with E-state index in [1.807, 2.05) is 25.1 Å². The largest absolute Gasteiger partial charge is 0.384 e. The van der Waals surface area contributed by atoms with Crippen molar-refractivity contribution in [3.63, 3.8) is 0 Å². The number of aromatic nitrogens is 1. The van der Waals surface area contributed by atoms with Gasteiger partial charge in [0.15, 0.2) is 0 Å². The van der Waals surface area contributed by atoms with Crippen LogP contribution in [0.5, 0.6) is 0 Å². The zero-order valence-corrected chi connectivity index (χ0v) is 18.0. The van der Waals surface area contributed by atoms with Crippen LogP contribution in [-0.2, 0) is 9.59 Å². The van der Waals surface area contributed by atoms with Crippen molar-refractivity contribution in [2.24, 2.45) is 0 Å². The van der Waals surface area contributed by atoms with Crippen LogP contribution in [0.15, 0.2) is 48.7 Å². The molecule has 0 spiro atoms. The fraction of sp³-hybridized carbons (Fsp3) is 0.217. The summed E-state index contributed by atoms with van der Waals surface area (Å²) in [7, 11) is 0. The van der Waals surface area contributed by atoms with Gasteiger partial charge >= 0.3 is 0 Å². The molecule has 2 aromatic carbocycles. The summed E-state index contributed by atoms with van der Waals surface area (Å²) in [6.07, 6.45) is 2.32. The summed E-state index contributed by atoms with van der Waals surface area (Å²) in [6.45, 7) is 4.09. The Bertz CT molecular complexity index is 1150. The third-order valence-corrected chi connectivity index (χ3v) is 4.83. The molecule has 7 nitrogen and oxygen atoms in total. The number of nitrogens with zero attached hydrogens (tertiary/aromatic N) is 1. The first-order valence-corrected chi connectivity index (χ1v) is 10.2. The molecule has 3 aromatic rings. The van der Waals surface area contributed by atoms with Gasteiger partial charge in [0.1, 0.15) is 0 Å². The number of carbonyl (C=O) groups is 3. The molecule has 0 aliphatic rings. The maximum atomic E-state index is 12.6. The van der Waals surface area contributed by atoms with E-state index in [4.69, 9.17) is 11.6 Å². The number of rotatable bonds is 8. The van der Waals surface area contributed by atoms with Gasteiger partial charge in [0, 0.05) is 42.3 Å². The van der Waals surface area contributed by atoms with Crippen molar-refractivity contribution in [3.8, 4) is 0 Å². The lowest BCUT2D eigenvalue weighted by molar-refractivity contribution is -0.117. The first-order chi connectivity index (χ1) is 14.8. The quantitative estimate of drug-likeness (QED) is 0.281. The van der Waals surface area contributed by atoms with E-state index in [0.29, 0.717) is 30.2 Å². The van der Waals surface area contributed by atoms with E-state index >= 15 is 0 Å². The number of halogens is 1. The van der Waals surface area contributed by atoms with Gasteiger partial charge < -0.3 is 16.0 Å².